The number of rotatable bonds is 4. The van der Waals surface area contributed by atoms with Crippen LogP contribution in [0.15, 0.2) is 48.8 Å². The second-order valence-corrected chi connectivity index (χ2v) is 6.13. The van der Waals surface area contributed by atoms with Crippen molar-refractivity contribution in [3.05, 3.63) is 65.5 Å². The molecule has 2 heterocycles. The monoisotopic (exact) mass is 336 g/mol. The zero-order chi connectivity index (χ0) is 17.2. The fourth-order valence-electron chi connectivity index (χ4n) is 3.22. The molecule has 1 aliphatic heterocycles. The number of likely N-dealkylation sites (tertiary alicyclic amines) is 1. The average Bonchev–Trinajstić information content (AvgIpc) is 2.94. The van der Waals surface area contributed by atoms with E-state index in [9.17, 15) is 18.3 Å². The van der Waals surface area contributed by atoms with Gasteiger partial charge in [0.2, 0.25) is 0 Å². The highest BCUT2D eigenvalue weighted by atomic mass is 19.4. The van der Waals surface area contributed by atoms with Crippen molar-refractivity contribution < 1.29 is 18.3 Å². The third-order valence-electron chi connectivity index (χ3n) is 4.42. The fraction of sp³-hybridized carbons (Fsp3) is 0.389. The summed E-state index contributed by atoms with van der Waals surface area (Å²) in [6, 6.07) is 9.07. The average molecular weight is 336 g/mol. The van der Waals surface area contributed by atoms with Crippen LogP contribution in [0.1, 0.15) is 29.2 Å². The number of aliphatic hydroxyl groups is 1. The minimum absolute atomic E-state index is 0.191. The Morgan fingerprint density at radius 1 is 1.17 bits per heavy atom. The lowest BCUT2D eigenvalue weighted by Crippen LogP contribution is -2.27. The summed E-state index contributed by atoms with van der Waals surface area (Å²) in [7, 11) is 0. The van der Waals surface area contributed by atoms with Crippen LogP contribution in [0.25, 0.3) is 0 Å². The topological polar surface area (TPSA) is 36.4 Å². The van der Waals surface area contributed by atoms with Gasteiger partial charge in [-0.25, -0.2) is 0 Å². The molecule has 3 nitrogen and oxygen atoms in total. The minimum Gasteiger partial charge on any atom is -0.392 e. The summed E-state index contributed by atoms with van der Waals surface area (Å²) in [6.07, 6.45) is -0.198. The van der Waals surface area contributed by atoms with E-state index in [1.165, 1.54) is 12.1 Å². The van der Waals surface area contributed by atoms with E-state index in [1.807, 2.05) is 12.1 Å². The number of benzene rings is 1. The van der Waals surface area contributed by atoms with Crippen molar-refractivity contribution in [3.63, 3.8) is 0 Å². The smallest absolute Gasteiger partial charge is 0.392 e. The van der Waals surface area contributed by atoms with Crippen molar-refractivity contribution in [2.24, 2.45) is 0 Å². The summed E-state index contributed by atoms with van der Waals surface area (Å²) >= 11 is 0. The van der Waals surface area contributed by atoms with Gasteiger partial charge in [-0.2, -0.15) is 13.2 Å². The van der Waals surface area contributed by atoms with Crippen LogP contribution in [0.4, 0.5) is 13.2 Å². The van der Waals surface area contributed by atoms with Crippen molar-refractivity contribution >= 4 is 0 Å². The first-order valence-corrected chi connectivity index (χ1v) is 7.91. The summed E-state index contributed by atoms with van der Waals surface area (Å²) in [4.78, 5) is 6.03. The summed E-state index contributed by atoms with van der Waals surface area (Å²) in [6.45, 7) is 1.16. The zero-order valence-electron chi connectivity index (χ0n) is 13.1. The molecule has 0 amide bonds. The van der Waals surface area contributed by atoms with Crippen molar-refractivity contribution in [2.75, 3.05) is 13.1 Å². The van der Waals surface area contributed by atoms with Gasteiger partial charge in [0.15, 0.2) is 0 Å². The molecule has 3 rings (SSSR count). The van der Waals surface area contributed by atoms with Gasteiger partial charge in [0, 0.05) is 31.5 Å². The van der Waals surface area contributed by atoms with Crippen molar-refractivity contribution in [1.82, 2.24) is 9.88 Å². The molecular weight excluding hydrogens is 317 g/mol. The molecule has 128 valence electrons. The van der Waals surface area contributed by atoms with Gasteiger partial charge < -0.3 is 5.11 Å². The third kappa shape index (κ3) is 3.94. The van der Waals surface area contributed by atoms with E-state index >= 15 is 0 Å². The molecule has 0 bridgehead atoms. The molecule has 1 aromatic carbocycles. The zero-order valence-corrected chi connectivity index (χ0v) is 13.1. The summed E-state index contributed by atoms with van der Waals surface area (Å²) in [5, 5.41) is 9.98. The molecule has 1 aromatic heterocycles. The van der Waals surface area contributed by atoms with Crippen molar-refractivity contribution in [3.8, 4) is 0 Å². The maximum absolute atomic E-state index is 12.9. The first kappa shape index (κ1) is 16.9. The van der Waals surface area contributed by atoms with Gasteiger partial charge in [0.25, 0.3) is 0 Å². The SMILES string of the molecule is OC1CC(c2cccc(C(F)(F)F)c2)N(CCc2ccncc2)C1. The number of alkyl halides is 3. The molecule has 2 unspecified atom stereocenters. The van der Waals surface area contributed by atoms with Gasteiger partial charge in [0.05, 0.1) is 11.7 Å². The number of nitrogens with zero attached hydrogens (tertiary/aromatic N) is 2. The highest BCUT2D eigenvalue weighted by Gasteiger charge is 2.34. The Bertz CT molecular complexity index is 675. The van der Waals surface area contributed by atoms with Gasteiger partial charge in [0.1, 0.15) is 0 Å². The Hall–Kier alpha value is -1.92. The second kappa shape index (κ2) is 6.91. The molecule has 1 aliphatic rings. The molecule has 1 fully saturated rings. The van der Waals surface area contributed by atoms with Gasteiger partial charge in [-0.05, 0) is 48.2 Å². The Morgan fingerprint density at radius 3 is 2.62 bits per heavy atom. The highest BCUT2D eigenvalue weighted by Crippen LogP contribution is 2.36. The number of halogens is 3. The largest absolute Gasteiger partial charge is 0.416 e. The van der Waals surface area contributed by atoms with Gasteiger partial charge >= 0.3 is 6.18 Å². The van der Waals surface area contributed by atoms with Crippen LogP contribution in [-0.4, -0.2) is 34.2 Å². The molecule has 6 heteroatoms. The molecule has 0 spiro atoms. The van der Waals surface area contributed by atoms with E-state index in [0.29, 0.717) is 25.1 Å². The Labute approximate surface area is 138 Å². The number of aromatic nitrogens is 1. The number of hydrogen-bond donors (Lipinski definition) is 1. The summed E-state index contributed by atoms with van der Waals surface area (Å²) < 4.78 is 38.8. The Morgan fingerprint density at radius 2 is 1.92 bits per heavy atom. The minimum atomic E-state index is -4.35. The van der Waals surface area contributed by atoms with Crippen LogP contribution in [0.5, 0.6) is 0 Å². The van der Waals surface area contributed by atoms with Crippen LogP contribution in [0, 0.1) is 0 Å². The van der Waals surface area contributed by atoms with E-state index in [2.05, 4.69) is 9.88 Å². The van der Waals surface area contributed by atoms with Gasteiger partial charge in [-0.3, -0.25) is 9.88 Å². The van der Waals surface area contributed by atoms with Crippen LogP contribution in [0.2, 0.25) is 0 Å². The molecule has 2 aromatic rings. The molecule has 0 radical (unpaired) electrons. The Kier molecular flexibility index (Phi) is 4.87. The van der Waals surface area contributed by atoms with Gasteiger partial charge in [-0.15, -0.1) is 0 Å². The van der Waals surface area contributed by atoms with Crippen LogP contribution in [-0.2, 0) is 12.6 Å². The first-order valence-electron chi connectivity index (χ1n) is 7.91. The maximum atomic E-state index is 12.9. The summed E-state index contributed by atoms with van der Waals surface area (Å²) in [5.74, 6) is 0. The quantitative estimate of drug-likeness (QED) is 0.929. The molecule has 0 aliphatic carbocycles. The third-order valence-corrected chi connectivity index (χ3v) is 4.42. The normalized spacial score (nSPS) is 22.0. The maximum Gasteiger partial charge on any atom is 0.416 e. The van der Waals surface area contributed by atoms with E-state index in [4.69, 9.17) is 0 Å². The number of pyridine rings is 1. The van der Waals surface area contributed by atoms with Gasteiger partial charge in [-0.1, -0.05) is 12.1 Å². The first-order chi connectivity index (χ1) is 11.4. The molecule has 0 saturated carbocycles. The number of aliphatic hydroxyl groups excluding tert-OH is 1. The lowest BCUT2D eigenvalue weighted by molar-refractivity contribution is -0.137. The highest BCUT2D eigenvalue weighted by molar-refractivity contribution is 5.29. The van der Waals surface area contributed by atoms with Crippen LogP contribution >= 0.6 is 0 Å². The second-order valence-electron chi connectivity index (χ2n) is 6.13. The molecule has 24 heavy (non-hydrogen) atoms. The number of β-amino-alcohol motifs (C(OH)–C–C–N with tert-alkyl or cyclic N) is 1. The Balaban J connectivity index is 1.75. The van der Waals surface area contributed by atoms with E-state index < -0.39 is 17.8 Å². The standard InChI is InChI=1S/C18H19F3N2O/c19-18(20,21)15-3-1-2-14(10-15)17-11-16(24)12-23(17)9-6-13-4-7-22-8-5-13/h1-5,7-8,10,16-17,24H,6,9,11-12H2. The van der Waals surface area contributed by atoms with Crippen molar-refractivity contribution in [2.45, 2.75) is 31.2 Å². The molecule has 1 saturated heterocycles. The van der Waals surface area contributed by atoms with E-state index in [0.717, 1.165) is 18.1 Å². The van der Waals surface area contributed by atoms with Crippen LogP contribution in [0.3, 0.4) is 0 Å². The number of hydrogen-bond acceptors (Lipinski definition) is 3. The molecular formula is C18H19F3N2O. The predicted octanol–water partition coefficient (Wildman–Crippen LogP) is 3.45. The predicted molar refractivity (Wildman–Crippen MR) is 84.3 cm³/mol. The lowest BCUT2D eigenvalue weighted by Gasteiger charge is -2.25. The van der Waals surface area contributed by atoms with E-state index in [1.54, 1.807) is 18.5 Å². The fourth-order valence-corrected chi connectivity index (χ4v) is 3.22. The lowest BCUT2D eigenvalue weighted by atomic mass is 10.0. The summed E-state index contributed by atoms with van der Waals surface area (Å²) in [5.41, 5.74) is 1.08. The molecule has 1 N–H and O–H groups in total. The van der Waals surface area contributed by atoms with Crippen LogP contribution < -0.4 is 0 Å². The van der Waals surface area contributed by atoms with Crippen molar-refractivity contribution in [1.29, 1.82) is 0 Å². The van der Waals surface area contributed by atoms with E-state index in [-0.39, 0.29) is 6.04 Å². The molecule has 2 atom stereocenters.